The third-order valence-corrected chi connectivity index (χ3v) is 4.77. The molecule has 2 aromatic carbocycles. The normalized spacial score (nSPS) is 12.0. The number of hydrogen-bond donors (Lipinski definition) is 2. The summed E-state index contributed by atoms with van der Waals surface area (Å²) in [5.41, 5.74) is 1.51. The number of carbonyl (C=O) groups is 1. The van der Waals surface area contributed by atoms with Crippen molar-refractivity contribution in [2.45, 2.75) is 26.8 Å². The van der Waals surface area contributed by atoms with Gasteiger partial charge in [0.2, 0.25) is 0 Å². The van der Waals surface area contributed by atoms with E-state index in [1.165, 1.54) is 12.1 Å². The van der Waals surface area contributed by atoms with Crippen LogP contribution in [-0.4, -0.2) is 42.2 Å². The van der Waals surface area contributed by atoms with Gasteiger partial charge in [-0.1, -0.05) is 55.8 Å². The Kier molecular flexibility index (Phi) is 7.95. The van der Waals surface area contributed by atoms with E-state index in [9.17, 15) is 9.90 Å². The largest absolute Gasteiger partial charge is 0.503 e. The van der Waals surface area contributed by atoms with Crippen LogP contribution in [0.1, 0.15) is 42.7 Å². The zero-order valence-electron chi connectivity index (χ0n) is 16.0. The van der Waals surface area contributed by atoms with Crippen molar-refractivity contribution >= 4 is 17.5 Å². The van der Waals surface area contributed by atoms with Crippen LogP contribution in [0.2, 0.25) is 5.02 Å². The van der Waals surface area contributed by atoms with Crippen molar-refractivity contribution < 1.29 is 14.6 Å². The molecule has 2 N–H and O–H groups in total. The Labute approximate surface area is 165 Å². The van der Waals surface area contributed by atoms with Crippen LogP contribution in [0.15, 0.2) is 42.5 Å². The average molecular weight is 391 g/mol. The molecule has 0 spiro atoms. The lowest BCUT2D eigenvalue weighted by molar-refractivity contribution is 0.0934. The van der Waals surface area contributed by atoms with Gasteiger partial charge in [-0.25, -0.2) is 0 Å². The SMILES string of the molecule is CCOc1cc(C(=O)NCC(c2ccccc2)N(CC)CC)cc(Cl)c1O. The first kappa shape index (κ1) is 21.1. The van der Waals surface area contributed by atoms with Gasteiger partial charge in [0.25, 0.3) is 5.91 Å². The Bertz CT molecular complexity index is 749. The maximum atomic E-state index is 12.7. The van der Waals surface area contributed by atoms with Crippen molar-refractivity contribution in [1.82, 2.24) is 10.2 Å². The smallest absolute Gasteiger partial charge is 0.251 e. The first-order valence-electron chi connectivity index (χ1n) is 9.24. The van der Waals surface area contributed by atoms with Gasteiger partial charge in [-0.2, -0.15) is 0 Å². The number of carbonyl (C=O) groups excluding carboxylic acids is 1. The molecule has 0 bridgehead atoms. The second kappa shape index (κ2) is 10.2. The van der Waals surface area contributed by atoms with Crippen LogP contribution in [0.3, 0.4) is 0 Å². The molecule has 5 nitrogen and oxygen atoms in total. The van der Waals surface area contributed by atoms with Crippen molar-refractivity contribution in [3.63, 3.8) is 0 Å². The van der Waals surface area contributed by atoms with Crippen molar-refractivity contribution in [2.75, 3.05) is 26.2 Å². The number of nitrogens with one attached hydrogen (secondary N) is 1. The van der Waals surface area contributed by atoms with Gasteiger partial charge < -0.3 is 15.2 Å². The zero-order chi connectivity index (χ0) is 19.8. The number of phenolic OH excluding ortho intramolecular Hbond substituents is 1. The quantitative estimate of drug-likeness (QED) is 0.671. The summed E-state index contributed by atoms with van der Waals surface area (Å²) < 4.78 is 5.35. The molecular weight excluding hydrogens is 364 g/mol. The summed E-state index contributed by atoms with van der Waals surface area (Å²) in [6.45, 7) is 8.61. The average Bonchev–Trinajstić information content (AvgIpc) is 2.69. The highest BCUT2D eigenvalue weighted by Crippen LogP contribution is 2.35. The van der Waals surface area contributed by atoms with Crippen LogP contribution in [0.25, 0.3) is 0 Å². The monoisotopic (exact) mass is 390 g/mol. The number of amides is 1. The topological polar surface area (TPSA) is 61.8 Å². The number of benzene rings is 2. The van der Waals surface area contributed by atoms with E-state index in [0.717, 1.165) is 18.7 Å². The second-order valence-electron chi connectivity index (χ2n) is 6.10. The van der Waals surface area contributed by atoms with Crippen LogP contribution in [0.5, 0.6) is 11.5 Å². The molecule has 2 rings (SSSR count). The summed E-state index contributed by atoms with van der Waals surface area (Å²) in [5.74, 6) is -0.204. The molecule has 0 aliphatic carbocycles. The molecule has 0 radical (unpaired) electrons. The predicted molar refractivity (Wildman–Crippen MR) is 109 cm³/mol. The zero-order valence-corrected chi connectivity index (χ0v) is 16.8. The van der Waals surface area contributed by atoms with E-state index >= 15 is 0 Å². The summed E-state index contributed by atoms with van der Waals surface area (Å²) >= 11 is 6.03. The number of rotatable bonds is 9. The summed E-state index contributed by atoms with van der Waals surface area (Å²) in [6, 6.07) is 13.2. The van der Waals surface area contributed by atoms with E-state index in [0.29, 0.717) is 18.7 Å². The molecule has 1 atom stereocenters. The molecule has 0 saturated carbocycles. The molecule has 0 heterocycles. The summed E-state index contributed by atoms with van der Waals surface area (Å²) in [5, 5.41) is 13.0. The lowest BCUT2D eigenvalue weighted by Crippen LogP contribution is -2.38. The molecule has 0 saturated heterocycles. The number of likely N-dealkylation sites (N-methyl/N-ethyl adjacent to an activating group) is 1. The molecule has 0 fully saturated rings. The fourth-order valence-electron chi connectivity index (χ4n) is 3.06. The number of nitrogens with zero attached hydrogens (tertiary/aromatic N) is 1. The molecule has 0 aromatic heterocycles. The van der Waals surface area contributed by atoms with Gasteiger partial charge in [0.1, 0.15) is 0 Å². The highest BCUT2D eigenvalue weighted by Gasteiger charge is 2.20. The molecule has 1 amide bonds. The van der Waals surface area contributed by atoms with Crippen molar-refractivity contribution in [3.8, 4) is 11.5 Å². The standard InChI is InChI=1S/C21H27ClN2O3/c1-4-24(5-2)18(15-10-8-7-9-11-15)14-23-21(26)16-12-17(22)20(25)19(13-16)27-6-3/h7-13,18,25H,4-6,14H2,1-3H3,(H,23,26). The number of ether oxygens (including phenoxy) is 1. The van der Waals surface area contributed by atoms with Crippen LogP contribution in [0.4, 0.5) is 0 Å². The van der Waals surface area contributed by atoms with Gasteiger partial charge in [-0.3, -0.25) is 9.69 Å². The molecule has 0 aliphatic heterocycles. The first-order chi connectivity index (χ1) is 13.0. The fraction of sp³-hybridized carbons (Fsp3) is 0.381. The third kappa shape index (κ3) is 5.37. The lowest BCUT2D eigenvalue weighted by Gasteiger charge is -2.30. The minimum absolute atomic E-state index is 0.0732. The number of phenols is 1. The minimum atomic E-state index is -0.258. The van der Waals surface area contributed by atoms with E-state index in [4.69, 9.17) is 16.3 Å². The molecular formula is C21H27ClN2O3. The molecule has 2 aromatic rings. The van der Waals surface area contributed by atoms with Crippen molar-refractivity contribution in [3.05, 3.63) is 58.6 Å². The molecule has 146 valence electrons. The minimum Gasteiger partial charge on any atom is -0.503 e. The second-order valence-corrected chi connectivity index (χ2v) is 6.50. The first-order valence-corrected chi connectivity index (χ1v) is 9.62. The highest BCUT2D eigenvalue weighted by molar-refractivity contribution is 6.32. The highest BCUT2D eigenvalue weighted by atomic mass is 35.5. The molecule has 27 heavy (non-hydrogen) atoms. The Hall–Kier alpha value is -2.24. The maximum Gasteiger partial charge on any atom is 0.251 e. The van der Waals surface area contributed by atoms with E-state index in [1.54, 1.807) is 6.92 Å². The van der Waals surface area contributed by atoms with E-state index < -0.39 is 0 Å². The van der Waals surface area contributed by atoms with Gasteiger partial charge in [0, 0.05) is 12.1 Å². The predicted octanol–water partition coefficient (Wildman–Crippen LogP) is 4.26. The van der Waals surface area contributed by atoms with Crippen LogP contribution >= 0.6 is 11.6 Å². The van der Waals surface area contributed by atoms with Crippen molar-refractivity contribution in [2.24, 2.45) is 0 Å². The van der Waals surface area contributed by atoms with E-state index in [-0.39, 0.29) is 28.5 Å². The van der Waals surface area contributed by atoms with Gasteiger partial charge >= 0.3 is 0 Å². The molecule has 1 unspecified atom stereocenters. The van der Waals surface area contributed by atoms with Gasteiger partial charge in [-0.05, 0) is 37.7 Å². The van der Waals surface area contributed by atoms with Gasteiger partial charge in [0.05, 0.1) is 17.7 Å². The summed E-state index contributed by atoms with van der Waals surface area (Å²) in [7, 11) is 0. The van der Waals surface area contributed by atoms with Crippen LogP contribution < -0.4 is 10.1 Å². The van der Waals surface area contributed by atoms with Crippen LogP contribution in [0, 0.1) is 0 Å². The number of hydrogen-bond acceptors (Lipinski definition) is 4. The Morgan fingerprint density at radius 2 is 1.85 bits per heavy atom. The summed E-state index contributed by atoms with van der Waals surface area (Å²) in [6.07, 6.45) is 0. The number of aromatic hydroxyl groups is 1. The van der Waals surface area contributed by atoms with E-state index in [2.05, 4.69) is 36.2 Å². The van der Waals surface area contributed by atoms with Gasteiger partial charge in [-0.15, -0.1) is 0 Å². The van der Waals surface area contributed by atoms with Gasteiger partial charge in [0.15, 0.2) is 11.5 Å². The Morgan fingerprint density at radius 1 is 1.19 bits per heavy atom. The third-order valence-electron chi connectivity index (χ3n) is 4.48. The Balaban J connectivity index is 2.18. The summed E-state index contributed by atoms with van der Waals surface area (Å²) in [4.78, 5) is 15.0. The number of halogens is 1. The fourth-order valence-corrected chi connectivity index (χ4v) is 3.27. The van der Waals surface area contributed by atoms with E-state index in [1.807, 2.05) is 18.2 Å². The maximum absolute atomic E-state index is 12.7. The lowest BCUT2D eigenvalue weighted by atomic mass is 10.0. The van der Waals surface area contributed by atoms with Crippen LogP contribution in [-0.2, 0) is 0 Å². The van der Waals surface area contributed by atoms with Crippen molar-refractivity contribution in [1.29, 1.82) is 0 Å². The molecule has 0 aliphatic rings. The Morgan fingerprint density at radius 3 is 2.44 bits per heavy atom. The molecule has 6 heteroatoms.